The zero-order chi connectivity index (χ0) is 12.8. The molecular formula is C14H22O3. The molecule has 0 unspecified atom stereocenters. The Labute approximate surface area is 103 Å². The Morgan fingerprint density at radius 1 is 1.06 bits per heavy atom. The molecule has 0 amide bonds. The smallest absolute Gasteiger partial charge is 0.305 e. The van der Waals surface area contributed by atoms with E-state index in [1.165, 1.54) is 7.11 Å². The van der Waals surface area contributed by atoms with Crippen LogP contribution in [0.4, 0.5) is 0 Å². The van der Waals surface area contributed by atoms with Crippen molar-refractivity contribution in [2.24, 2.45) is 0 Å². The van der Waals surface area contributed by atoms with Crippen molar-refractivity contribution >= 4 is 5.97 Å². The van der Waals surface area contributed by atoms with Gasteiger partial charge in [0.2, 0.25) is 0 Å². The van der Waals surface area contributed by atoms with E-state index in [2.05, 4.69) is 29.0 Å². The topological polar surface area (TPSA) is 46.5 Å². The second-order valence-corrected chi connectivity index (χ2v) is 3.54. The molecule has 0 radical (unpaired) electrons. The van der Waals surface area contributed by atoms with Crippen molar-refractivity contribution in [3.63, 3.8) is 0 Å². The van der Waals surface area contributed by atoms with Crippen LogP contribution in [-0.4, -0.2) is 24.8 Å². The fourth-order valence-corrected chi connectivity index (χ4v) is 1.20. The molecule has 0 aromatic rings. The van der Waals surface area contributed by atoms with Crippen molar-refractivity contribution in [1.29, 1.82) is 0 Å². The average Bonchev–Trinajstić information content (AvgIpc) is 2.35. The minimum atomic E-state index is -0.144. The van der Waals surface area contributed by atoms with E-state index < -0.39 is 0 Å². The van der Waals surface area contributed by atoms with Gasteiger partial charge in [-0.1, -0.05) is 36.5 Å². The number of aliphatic hydroxyl groups excluding tert-OH is 1. The summed E-state index contributed by atoms with van der Waals surface area (Å²) in [4.78, 5) is 10.8. The molecule has 0 heterocycles. The van der Waals surface area contributed by atoms with Crippen LogP contribution in [0, 0.1) is 0 Å². The summed E-state index contributed by atoms with van der Waals surface area (Å²) in [5.41, 5.74) is 0. The number of aliphatic hydroxyl groups is 1. The van der Waals surface area contributed by atoms with Crippen LogP contribution in [0.3, 0.4) is 0 Å². The summed E-state index contributed by atoms with van der Waals surface area (Å²) in [5.74, 6) is -0.144. The maximum absolute atomic E-state index is 10.8. The Kier molecular flexibility index (Phi) is 11.7. The largest absolute Gasteiger partial charge is 0.469 e. The van der Waals surface area contributed by atoms with Gasteiger partial charge >= 0.3 is 5.97 Å². The number of methoxy groups -OCH3 is 1. The normalized spacial score (nSPS) is 11.9. The molecule has 96 valence electrons. The summed E-state index contributed by atoms with van der Waals surface area (Å²) in [6, 6.07) is 0. The minimum Gasteiger partial charge on any atom is -0.469 e. The lowest BCUT2D eigenvalue weighted by Gasteiger charge is -1.95. The van der Waals surface area contributed by atoms with Gasteiger partial charge in [-0.25, -0.2) is 0 Å². The maximum Gasteiger partial charge on any atom is 0.305 e. The fourth-order valence-electron chi connectivity index (χ4n) is 1.20. The summed E-state index contributed by atoms with van der Waals surface area (Å²) in [6.45, 7) is 0.105. The first-order chi connectivity index (χ1) is 8.31. The Bertz CT molecular complexity index is 265. The highest BCUT2D eigenvalue weighted by molar-refractivity contribution is 5.68. The van der Waals surface area contributed by atoms with E-state index >= 15 is 0 Å². The van der Waals surface area contributed by atoms with Crippen LogP contribution < -0.4 is 0 Å². The highest BCUT2D eigenvalue weighted by Gasteiger charge is 1.96. The summed E-state index contributed by atoms with van der Waals surface area (Å²) >= 11 is 0. The van der Waals surface area contributed by atoms with E-state index in [1.807, 2.05) is 6.08 Å². The number of esters is 1. The molecular weight excluding hydrogens is 216 g/mol. The first kappa shape index (κ1) is 15.7. The molecule has 0 fully saturated rings. The lowest BCUT2D eigenvalue weighted by molar-refractivity contribution is -0.140. The second-order valence-electron chi connectivity index (χ2n) is 3.54. The average molecular weight is 238 g/mol. The van der Waals surface area contributed by atoms with Crippen LogP contribution in [0.2, 0.25) is 0 Å². The van der Waals surface area contributed by atoms with Gasteiger partial charge in [0.05, 0.1) is 13.7 Å². The number of carbonyl (C=O) groups excluding carboxylic acids is 1. The Balaban J connectivity index is 3.36. The Morgan fingerprint density at radius 2 is 1.65 bits per heavy atom. The van der Waals surface area contributed by atoms with E-state index in [4.69, 9.17) is 5.11 Å². The molecule has 0 atom stereocenters. The molecule has 3 nitrogen and oxygen atoms in total. The van der Waals surface area contributed by atoms with Gasteiger partial charge in [0.25, 0.3) is 0 Å². The van der Waals surface area contributed by atoms with Crippen molar-refractivity contribution in [2.75, 3.05) is 13.7 Å². The van der Waals surface area contributed by atoms with Crippen LogP contribution in [0.25, 0.3) is 0 Å². The first-order valence-corrected chi connectivity index (χ1v) is 5.94. The van der Waals surface area contributed by atoms with Crippen LogP contribution in [0.5, 0.6) is 0 Å². The lowest BCUT2D eigenvalue weighted by atomic mass is 10.2. The second kappa shape index (κ2) is 12.7. The molecule has 0 bridgehead atoms. The number of hydrogen-bond donors (Lipinski definition) is 1. The first-order valence-electron chi connectivity index (χ1n) is 5.94. The predicted octanol–water partition coefficient (Wildman–Crippen LogP) is 2.77. The zero-order valence-electron chi connectivity index (χ0n) is 10.5. The summed E-state index contributed by atoms with van der Waals surface area (Å²) < 4.78 is 4.54. The highest BCUT2D eigenvalue weighted by atomic mass is 16.5. The quantitative estimate of drug-likeness (QED) is 0.382. The van der Waals surface area contributed by atoms with Crippen molar-refractivity contribution < 1.29 is 14.6 Å². The Morgan fingerprint density at radius 3 is 2.24 bits per heavy atom. The number of rotatable bonds is 9. The van der Waals surface area contributed by atoms with Crippen LogP contribution >= 0.6 is 0 Å². The monoisotopic (exact) mass is 238 g/mol. The zero-order valence-corrected chi connectivity index (χ0v) is 10.5. The van der Waals surface area contributed by atoms with Gasteiger partial charge < -0.3 is 9.84 Å². The van der Waals surface area contributed by atoms with E-state index in [0.717, 1.165) is 25.7 Å². The molecule has 0 rings (SSSR count). The molecule has 0 aromatic carbocycles. The van der Waals surface area contributed by atoms with Crippen LogP contribution in [-0.2, 0) is 9.53 Å². The molecule has 17 heavy (non-hydrogen) atoms. The lowest BCUT2D eigenvalue weighted by Crippen LogP contribution is -1.98. The van der Waals surface area contributed by atoms with E-state index in [-0.39, 0.29) is 12.6 Å². The van der Waals surface area contributed by atoms with Crippen molar-refractivity contribution in [3.05, 3.63) is 36.5 Å². The van der Waals surface area contributed by atoms with E-state index in [0.29, 0.717) is 6.42 Å². The van der Waals surface area contributed by atoms with Gasteiger partial charge in [-0.05, 0) is 25.7 Å². The number of ether oxygens (including phenoxy) is 1. The molecule has 0 saturated carbocycles. The van der Waals surface area contributed by atoms with Crippen molar-refractivity contribution in [3.8, 4) is 0 Å². The molecule has 0 spiro atoms. The Hall–Kier alpha value is -1.35. The number of carbonyl (C=O) groups is 1. The third-order valence-electron chi connectivity index (χ3n) is 2.13. The van der Waals surface area contributed by atoms with Gasteiger partial charge in [0.15, 0.2) is 0 Å². The van der Waals surface area contributed by atoms with Crippen LogP contribution in [0.15, 0.2) is 36.5 Å². The number of unbranched alkanes of at least 4 members (excludes halogenated alkanes) is 1. The minimum absolute atomic E-state index is 0.105. The summed E-state index contributed by atoms with van der Waals surface area (Å²) in [7, 11) is 1.41. The molecule has 3 heteroatoms. The fraction of sp³-hybridized carbons (Fsp3) is 0.500. The third kappa shape index (κ3) is 12.6. The predicted molar refractivity (Wildman–Crippen MR) is 69.6 cm³/mol. The summed E-state index contributed by atoms with van der Waals surface area (Å²) in [5, 5.41) is 8.49. The van der Waals surface area contributed by atoms with Gasteiger partial charge in [-0.3, -0.25) is 4.79 Å². The molecule has 0 aromatic heterocycles. The molecule has 0 aliphatic carbocycles. The SMILES string of the molecule is COC(=O)CCC/C=C\CC=CC/C=C/CO. The maximum atomic E-state index is 10.8. The van der Waals surface area contributed by atoms with E-state index in [9.17, 15) is 4.79 Å². The highest BCUT2D eigenvalue weighted by Crippen LogP contribution is 1.99. The molecule has 0 saturated heterocycles. The molecule has 0 aliphatic heterocycles. The van der Waals surface area contributed by atoms with Crippen molar-refractivity contribution in [1.82, 2.24) is 0 Å². The number of hydrogen-bond acceptors (Lipinski definition) is 3. The van der Waals surface area contributed by atoms with E-state index in [1.54, 1.807) is 6.08 Å². The van der Waals surface area contributed by atoms with Gasteiger partial charge in [0, 0.05) is 6.42 Å². The summed E-state index contributed by atoms with van der Waals surface area (Å²) in [6.07, 6.45) is 16.0. The standard InChI is InChI=1S/C14H22O3/c1-17-14(16)12-10-8-6-4-2-3-5-7-9-11-13-15/h3-6,9,11,15H,2,7-8,10,12-13H2,1H3/b5-3?,6-4-,11-9+. The van der Waals surface area contributed by atoms with Crippen LogP contribution in [0.1, 0.15) is 32.1 Å². The number of allylic oxidation sites excluding steroid dienone is 5. The van der Waals surface area contributed by atoms with Crippen molar-refractivity contribution in [2.45, 2.75) is 32.1 Å². The third-order valence-corrected chi connectivity index (χ3v) is 2.13. The van der Waals surface area contributed by atoms with Gasteiger partial charge in [-0.2, -0.15) is 0 Å². The molecule has 1 N–H and O–H groups in total. The van der Waals surface area contributed by atoms with Gasteiger partial charge in [-0.15, -0.1) is 0 Å². The van der Waals surface area contributed by atoms with Gasteiger partial charge in [0.1, 0.15) is 0 Å². The molecule has 0 aliphatic rings.